The number of hydrogen-bond acceptors (Lipinski definition) is 4. The van der Waals surface area contributed by atoms with E-state index < -0.39 is 17.9 Å². The summed E-state index contributed by atoms with van der Waals surface area (Å²) in [5, 5.41) is 11.4. The first kappa shape index (κ1) is 11.8. The van der Waals surface area contributed by atoms with Crippen LogP contribution in [0, 0.1) is 0 Å². The largest absolute Gasteiger partial charge is 0.479 e. The van der Waals surface area contributed by atoms with Crippen molar-refractivity contribution < 1.29 is 19.1 Å². The van der Waals surface area contributed by atoms with Gasteiger partial charge >= 0.3 is 11.9 Å². The number of carboxylic acids is 1. The number of carbonyl (C=O) groups is 2. The highest BCUT2D eigenvalue weighted by Crippen LogP contribution is 2.13. The second-order valence-corrected chi connectivity index (χ2v) is 3.49. The zero-order chi connectivity index (χ0) is 13.0. The van der Waals surface area contributed by atoms with Crippen LogP contribution in [-0.4, -0.2) is 22.0 Å². The minimum Gasteiger partial charge on any atom is -0.479 e. The van der Waals surface area contributed by atoms with Crippen LogP contribution in [0.15, 0.2) is 47.2 Å². The third-order valence-corrected chi connectivity index (χ3v) is 2.28. The molecule has 1 aromatic heterocycles. The second kappa shape index (κ2) is 5.13. The fraction of sp³-hybridized carbons (Fsp3) is 0.0833. The van der Waals surface area contributed by atoms with Crippen LogP contribution in [0.3, 0.4) is 0 Å². The molecule has 2 rings (SSSR count). The van der Waals surface area contributed by atoms with E-state index in [-0.39, 0.29) is 5.89 Å². The molecular weight excluding hydrogens is 236 g/mol. The Morgan fingerprint density at radius 1 is 1.28 bits per heavy atom. The third-order valence-electron chi connectivity index (χ3n) is 2.28. The Hall–Kier alpha value is -2.63. The molecule has 1 heterocycles. The molecule has 6 heteroatoms. The van der Waals surface area contributed by atoms with Crippen LogP contribution in [0.5, 0.6) is 0 Å². The Labute approximate surface area is 102 Å². The molecular formula is C12H10N2O4. The first-order chi connectivity index (χ1) is 8.68. The lowest BCUT2D eigenvalue weighted by Crippen LogP contribution is -2.33. The topological polar surface area (TPSA) is 92.4 Å². The molecule has 1 unspecified atom stereocenters. The molecule has 2 aromatic rings. The number of nitrogens with zero attached hydrogens (tertiary/aromatic N) is 1. The summed E-state index contributed by atoms with van der Waals surface area (Å²) in [7, 11) is 0. The number of carboxylic acid groups (broad SMARTS) is 1. The molecule has 0 saturated carbocycles. The lowest BCUT2D eigenvalue weighted by atomic mass is 10.1. The summed E-state index contributed by atoms with van der Waals surface area (Å²) in [6.45, 7) is 0. The van der Waals surface area contributed by atoms with E-state index in [1.165, 1.54) is 12.5 Å². The number of nitrogens with one attached hydrogen (secondary N) is 1. The van der Waals surface area contributed by atoms with Crippen molar-refractivity contribution in [3.05, 3.63) is 54.2 Å². The molecule has 18 heavy (non-hydrogen) atoms. The van der Waals surface area contributed by atoms with Crippen molar-refractivity contribution >= 4 is 11.9 Å². The van der Waals surface area contributed by atoms with Crippen LogP contribution in [0.1, 0.15) is 22.3 Å². The molecule has 0 aliphatic rings. The van der Waals surface area contributed by atoms with Crippen molar-refractivity contribution in [1.29, 1.82) is 0 Å². The summed E-state index contributed by atoms with van der Waals surface area (Å²) >= 11 is 0. The number of amides is 1. The van der Waals surface area contributed by atoms with Gasteiger partial charge in [-0.05, 0) is 5.56 Å². The van der Waals surface area contributed by atoms with Crippen LogP contribution in [0.2, 0.25) is 0 Å². The molecule has 0 aliphatic heterocycles. The average molecular weight is 246 g/mol. The predicted molar refractivity (Wildman–Crippen MR) is 60.8 cm³/mol. The molecule has 0 saturated heterocycles. The van der Waals surface area contributed by atoms with Gasteiger partial charge in [-0.15, -0.1) is 0 Å². The van der Waals surface area contributed by atoms with Gasteiger partial charge < -0.3 is 14.8 Å². The molecule has 0 aliphatic carbocycles. The van der Waals surface area contributed by atoms with E-state index in [1.54, 1.807) is 30.3 Å². The lowest BCUT2D eigenvalue weighted by molar-refractivity contribution is -0.139. The molecule has 6 nitrogen and oxygen atoms in total. The average Bonchev–Trinajstić information content (AvgIpc) is 2.90. The Morgan fingerprint density at radius 3 is 2.56 bits per heavy atom. The second-order valence-electron chi connectivity index (χ2n) is 3.49. The van der Waals surface area contributed by atoms with Gasteiger partial charge in [0.1, 0.15) is 6.26 Å². The summed E-state index contributed by atoms with van der Waals surface area (Å²) in [6.07, 6.45) is 2.56. The third kappa shape index (κ3) is 2.54. The van der Waals surface area contributed by atoms with E-state index in [4.69, 9.17) is 9.52 Å². The molecule has 1 aromatic carbocycles. The van der Waals surface area contributed by atoms with E-state index in [0.717, 1.165) is 0 Å². The Kier molecular flexibility index (Phi) is 3.38. The SMILES string of the molecule is O=C(NC(C(=O)O)c1ccccc1)c1ncco1. The number of hydrogen-bond donors (Lipinski definition) is 2. The van der Waals surface area contributed by atoms with E-state index >= 15 is 0 Å². The fourth-order valence-electron chi connectivity index (χ4n) is 1.46. The standard InChI is InChI=1S/C12H10N2O4/c15-10(11-13-6-7-18-11)14-9(12(16)17)8-4-2-1-3-5-8/h1-7,9H,(H,14,15)(H,16,17). The summed E-state index contributed by atoms with van der Waals surface area (Å²) in [5.74, 6) is -1.99. The number of benzene rings is 1. The van der Waals surface area contributed by atoms with Crippen LogP contribution in [-0.2, 0) is 4.79 Å². The van der Waals surface area contributed by atoms with Gasteiger partial charge in [-0.2, -0.15) is 0 Å². The summed E-state index contributed by atoms with van der Waals surface area (Å²) in [4.78, 5) is 26.5. The van der Waals surface area contributed by atoms with Crippen LogP contribution in [0.25, 0.3) is 0 Å². The van der Waals surface area contributed by atoms with Crippen molar-refractivity contribution in [2.45, 2.75) is 6.04 Å². The van der Waals surface area contributed by atoms with Crippen molar-refractivity contribution in [2.75, 3.05) is 0 Å². The number of aromatic nitrogens is 1. The first-order valence-electron chi connectivity index (χ1n) is 5.16. The van der Waals surface area contributed by atoms with Crippen molar-refractivity contribution in [2.24, 2.45) is 0 Å². The van der Waals surface area contributed by atoms with Crippen molar-refractivity contribution in [3.8, 4) is 0 Å². The van der Waals surface area contributed by atoms with Gasteiger partial charge in [0.25, 0.3) is 5.89 Å². The van der Waals surface area contributed by atoms with Gasteiger partial charge in [0.05, 0.1) is 6.20 Å². The molecule has 0 radical (unpaired) electrons. The maximum absolute atomic E-state index is 11.7. The Balaban J connectivity index is 2.18. The predicted octanol–water partition coefficient (Wildman–Crippen LogP) is 1.23. The number of carbonyl (C=O) groups excluding carboxylic acids is 1. The molecule has 0 bridgehead atoms. The molecule has 0 spiro atoms. The Bertz CT molecular complexity index is 536. The maximum Gasteiger partial charge on any atom is 0.330 e. The monoisotopic (exact) mass is 246 g/mol. The van der Waals surface area contributed by atoms with Crippen LogP contribution < -0.4 is 5.32 Å². The smallest absolute Gasteiger partial charge is 0.330 e. The summed E-state index contributed by atoms with van der Waals surface area (Å²) in [5.41, 5.74) is 0.477. The van der Waals surface area contributed by atoms with Gasteiger partial charge in [-0.1, -0.05) is 30.3 Å². The van der Waals surface area contributed by atoms with E-state index in [0.29, 0.717) is 5.56 Å². The Morgan fingerprint density at radius 2 is 2.00 bits per heavy atom. The highest BCUT2D eigenvalue weighted by molar-refractivity contribution is 5.93. The summed E-state index contributed by atoms with van der Waals surface area (Å²) in [6, 6.07) is 7.26. The van der Waals surface area contributed by atoms with Gasteiger partial charge in [-0.3, -0.25) is 4.79 Å². The van der Waals surface area contributed by atoms with Crippen LogP contribution >= 0.6 is 0 Å². The fourth-order valence-corrected chi connectivity index (χ4v) is 1.46. The zero-order valence-electron chi connectivity index (χ0n) is 9.24. The van der Waals surface area contributed by atoms with Gasteiger partial charge in [0.15, 0.2) is 6.04 Å². The van der Waals surface area contributed by atoms with Crippen molar-refractivity contribution in [1.82, 2.24) is 10.3 Å². The van der Waals surface area contributed by atoms with Crippen molar-refractivity contribution in [3.63, 3.8) is 0 Å². The minimum absolute atomic E-state index is 0.169. The highest BCUT2D eigenvalue weighted by Gasteiger charge is 2.24. The van der Waals surface area contributed by atoms with Crippen LogP contribution in [0.4, 0.5) is 0 Å². The molecule has 92 valence electrons. The number of oxazole rings is 1. The number of aliphatic carboxylic acids is 1. The molecule has 1 atom stereocenters. The normalized spacial score (nSPS) is 11.8. The van der Waals surface area contributed by atoms with Gasteiger partial charge in [0, 0.05) is 0 Å². The molecule has 1 amide bonds. The quantitative estimate of drug-likeness (QED) is 0.846. The molecule has 0 fully saturated rings. The number of rotatable bonds is 4. The maximum atomic E-state index is 11.7. The van der Waals surface area contributed by atoms with E-state index in [2.05, 4.69) is 10.3 Å². The first-order valence-corrected chi connectivity index (χ1v) is 5.16. The lowest BCUT2D eigenvalue weighted by Gasteiger charge is -2.13. The van der Waals surface area contributed by atoms with Gasteiger partial charge in [-0.25, -0.2) is 9.78 Å². The zero-order valence-corrected chi connectivity index (χ0v) is 9.24. The van der Waals surface area contributed by atoms with Gasteiger partial charge in [0.2, 0.25) is 0 Å². The summed E-state index contributed by atoms with van der Waals surface area (Å²) < 4.78 is 4.80. The highest BCUT2D eigenvalue weighted by atomic mass is 16.4. The minimum atomic E-state index is -1.15. The van der Waals surface area contributed by atoms with E-state index in [9.17, 15) is 9.59 Å². The molecule has 2 N–H and O–H groups in total. The van der Waals surface area contributed by atoms with E-state index in [1.807, 2.05) is 0 Å².